The van der Waals surface area contributed by atoms with Crippen molar-refractivity contribution >= 4 is 0 Å². The second-order valence-electron chi connectivity index (χ2n) is 4.71. The van der Waals surface area contributed by atoms with Crippen LogP contribution in [0.4, 0.5) is 0 Å². The Balaban J connectivity index is 2.52. The van der Waals surface area contributed by atoms with E-state index in [0.29, 0.717) is 6.04 Å². The molecule has 2 nitrogen and oxygen atoms in total. The van der Waals surface area contributed by atoms with E-state index < -0.39 is 0 Å². The molecule has 0 aliphatic heterocycles. The van der Waals surface area contributed by atoms with Crippen LogP contribution in [0, 0.1) is 6.92 Å². The molecule has 2 heteroatoms. The number of aryl methyl sites for hydroxylation is 2. The quantitative estimate of drug-likeness (QED) is 0.782. The van der Waals surface area contributed by atoms with E-state index in [1.165, 1.54) is 17.5 Å². The number of benzene rings is 1. The van der Waals surface area contributed by atoms with Gasteiger partial charge in [0.2, 0.25) is 0 Å². The van der Waals surface area contributed by atoms with E-state index in [1.54, 1.807) is 7.11 Å². The molecule has 1 aromatic carbocycles. The van der Waals surface area contributed by atoms with Gasteiger partial charge in [0.1, 0.15) is 5.75 Å². The van der Waals surface area contributed by atoms with E-state index >= 15 is 0 Å². The molecule has 0 saturated carbocycles. The lowest BCUT2D eigenvalue weighted by Gasteiger charge is -2.14. The summed E-state index contributed by atoms with van der Waals surface area (Å²) in [6.07, 6.45) is 3.42. The van der Waals surface area contributed by atoms with Gasteiger partial charge < -0.3 is 10.1 Å². The van der Waals surface area contributed by atoms with Gasteiger partial charge >= 0.3 is 0 Å². The zero-order chi connectivity index (χ0) is 12.7. The zero-order valence-electron chi connectivity index (χ0n) is 11.5. The minimum absolute atomic E-state index is 0.570. The van der Waals surface area contributed by atoms with Gasteiger partial charge in [0.05, 0.1) is 7.11 Å². The van der Waals surface area contributed by atoms with Crippen molar-refractivity contribution < 1.29 is 4.74 Å². The highest BCUT2D eigenvalue weighted by atomic mass is 16.5. The van der Waals surface area contributed by atoms with Crippen molar-refractivity contribution in [1.29, 1.82) is 0 Å². The van der Waals surface area contributed by atoms with E-state index in [0.717, 1.165) is 25.1 Å². The molecule has 1 N–H and O–H groups in total. The molecule has 1 aromatic rings. The van der Waals surface area contributed by atoms with Gasteiger partial charge in [0, 0.05) is 6.04 Å². The van der Waals surface area contributed by atoms with Crippen LogP contribution < -0.4 is 10.1 Å². The third-order valence-corrected chi connectivity index (χ3v) is 3.03. The van der Waals surface area contributed by atoms with Gasteiger partial charge in [-0.05, 0) is 51.3 Å². The third kappa shape index (κ3) is 4.78. The molecule has 1 unspecified atom stereocenters. The van der Waals surface area contributed by atoms with Gasteiger partial charge in [-0.3, -0.25) is 0 Å². The Morgan fingerprint density at radius 3 is 2.76 bits per heavy atom. The summed E-state index contributed by atoms with van der Waals surface area (Å²) in [5.41, 5.74) is 2.62. The minimum Gasteiger partial charge on any atom is -0.496 e. The fraction of sp³-hybridized carbons (Fsp3) is 0.600. The molecule has 0 saturated heterocycles. The summed E-state index contributed by atoms with van der Waals surface area (Å²) >= 11 is 0. The molecule has 96 valence electrons. The number of rotatable bonds is 7. The number of ether oxygens (including phenoxy) is 1. The van der Waals surface area contributed by atoms with Crippen LogP contribution in [0.15, 0.2) is 18.2 Å². The van der Waals surface area contributed by atoms with Crippen LogP contribution in [-0.4, -0.2) is 19.7 Å². The monoisotopic (exact) mass is 235 g/mol. The largest absolute Gasteiger partial charge is 0.496 e. The van der Waals surface area contributed by atoms with Crippen molar-refractivity contribution in [3.05, 3.63) is 29.3 Å². The summed E-state index contributed by atoms with van der Waals surface area (Å²) in [6.45, 7) is 7.68. The Kier molecular flexibility index (Phi) is 6.06. The second kappa shape index (κ2) is 7.33. The molecule has 0 fully saturated rings. The van der Waals surface area contributed by atoms with Crippen LogP contribution in [0.1, 0.15) is 37.8 Å². The maximum absolute atomic E-state index is 5.39. The number of methoxy groups -OCH3 is 1. The van der Waals surface area contributed by atoms with Crippen LogP contribution in [0.5, 0.6) is 5.75 Å². The summed E-state index contributed by atoms with van der Waals surface area (Å²) in [5, 5.41) is 3.51. The van der Waals surface area contributed by atoms with Crippen LogP contribution in [0.2, 0.25) is 0 Å². The highest BCUT2D eigenvalue weighted by Crippen LogP contribution is 2.21. The average Bonchev–Trinajstić information content (AvgIpc) is 2.34. The summed E-state index contributed by atoms with van der Waals surface area (Å²) < 4.78 is 5.39. The first-order valence-electron chi connectivity index (χ1n) is 6.54. The topological polar surface area (TPSA) is 21.3 Å². The Morgan fingerprint density at radius 2 is 2.12 bits per heavy atom. The van der Waals surface area contributed by atoms with Crippen molar-refractivity contribution in [3.8, 4) is 5.75 Å². The van der Waals surface area contributed by atoms with Crippen LogP contribution in [0.25, 0.3) is 0 Å². The van der Waals surface area contributed by atoms with E-state index in [4.69, 9.17) is 4.74 Å². The summed E-state index contributed by atoms with van der Waals surface area (Å²) in [4.78, 5) is 0. The molecule has 17 heavy (non-hydrogen) atoms. The van der Waals surface area contributed by atoms with Gasteiger partial charge in [-0.15, -0.1) is 0 Å². The highest BCUT2D eigenvalue weighted by Gasteiger charge is 2.06. The molecule has 0 aromatic heterocycles. The number of nitrogens with one attached hydrogen (secondary N) is 1. The van der Waals surface area contributed by atoms with Gasteiger partial charge in [-0.1, -0.05) is 24.6 Å². The Labute approximate surface area is 105 Å². The number of hydrogen-bond donors (Lipinski definition) is 1. The van der Waals surface area contributed by atoms with Crippen LogP contribution in [-0.2, 0) is 6.42 Å². The minimum atomic E-state index is 0.570. The smallest absolute Gasteiger partial charge is 0.122 e. The lowest BCUT2D eigenvalue weighted by molar-refractivity contribution is 0.407. The lowest BCUT2D eigenvalue weighted by atomic mass is 10.0. The van der Waals surface area contributed by atoms with E-state index in [2.05, 4.69) is 44.3 Å². The summed E-state index contributed by atoms with van der Waals surface area (Å²) in [7, 11) is 1.74. The fourth-order valence-corrected chi connectivity index (χ4v) is 1.97. The first-order chi connectivity index (χ1) is 8.17. The first kappa shape index (κ1) is 14.0. The molecule has 0 heterocycles. The van der Waals surface area contributed by atoms with E-state index in [1.807, 2.05) is 0 Å². The van der Waals surface area contributed by atoms with Gasteiger partial charge in [0.15, 0.2) is 0 Å². The van der Waals surface area contributed by atoms with Crippen LogP contribution >= 0.6 is 0 Å². The fourth-order valence-electron chi connectivity index (χ4n) is 1.97. The van der Waals surface area contributed by atoms with Crippen molar-refractivity contribution in [2.75, 3.05) is 13.7 Å². The lowest BCUT2D eigenvalue weighted by Crippen LogP contribution is -2.27. The molecule has 0 aliphatic carbocycles. The number of hydrogen-bond acceptors (Lipinski definition) is 2. The predicted molar refractivity (Wildman–Crippen MR) is 73.8 cm³/mol. The molecule has 0 amide bonds. The molecule has 0 aliphatic rings. The molecular formula is C15H25NO. The highest BCUT2D eigenvalue weighted by molar-refractivity contribution is 5.36. The molecule has 1 atom stereocenters. The van der Waals surface area contributed by atoms with Gasteiger partial charge in [-0.2, -0.15) is 0 Å². The second-order valence-corrected chi connectivity index (χ2v) is 4.71. The standard InChI is InChI=1S/C15H25NO/c1-5-10-16-13(3)7-8-14-11-12(2)6-9-15(14)17-4/h6,9,11,13,16H,5,7-8,10H2,1-4H3. The predicted octanol–water partition coefficient (Wildman–Crippen LogP) is 3.32. The summed E-state index contributed by atoms with van der Waals surface area (Å²) in [5.74, 6) is 1.01. The Morgan fingerprint density at radius 1 is 1.35 bits per heavy atom. The van der Waals surface area contributed by atoms with Crippen LogP contribution in [0.3, 0.4) is 0 Å². The SMILES string of the molecule is CCCNC(C)CCc1cc(C)ccc1OC. The normalized spacial score (nSPS) is 12.5. The Bertz CT molecular complexity index is 336. The zero-order valence-corrected chi connectivity index (χ0v) is 11.5. The van der Waals surface area contributed by atoms with Gasteiger partial charge in [-0.25, -0.2) is 0 Å². The molecule has 1 rings (SSSR count). The van der Waals surface area contributed by atoms with Crippen molar-refractivity contribution in [2.24, 2.45) is 0 Å². The van der Waals surface area contributed by atoms with Crippen molar-refractivity contribution in [1.82, 2.24) is 5.32 Å². The van der Waals surface area contributed by atoms with Crippen molar-refractivity contribution in [2.45, 2.75) is 46.1 Å². The first-order valence-corrected chi connectivity index (χ1v) is 6.54. The van der Waals surface area contributed by atoms with Gasteiger partial charge in [0.25, 0.3) is 0 Å². The maximum Gasteiger partial charge on any atom is 0.122 e. The average molecular weight is 235 g/mol. The van der Waals surface area contributed by atoms with E-state index in [9.17, 15) is 0 Å². The molecular weight excluding hydrogens is 210 g/mol. The summed E-state index contributed by atoms with van der Waals surface area (Å²) in [6, 6.07) is 6.96. The Hall–Kier alpha value is -1.02. The molecule has 0 spiro atoms. The van der Waals surface area contributed by atoms with Crippen molar-refractivity contribution in [3.63, 3.8) is 0 Å². The maximum atomic E-state index is 5.39. The van der Waals surface area contributed by atoms with E-state index in [-0.39, 0.29) is 0 Å². The third-order valence-electron chi connectivity index (χ3n) is 3.03. The molecule has 0 bridgehead atoms. The molecule has 0 radical (unpaired) electrons.